The number of aromatic nitrogens is 1. The molecule has 3 heterocycles. The van der Waals surface area contributed by atoms with Gasteiger partial charge in [0.25, 0.3) is 5.91 Å². The van der Waals surface area contributed by atoms with Gasteiger partial charge in [0.15, 0.2) is 0 Å². The molecule has 2 N–H and O–H groups in total. The number of ether oxygens (including phenoxy) is 1. The van der Waals surface area contributed by atoms with Crippen LogP contribution in [0.4, 0.5) is 5.82 Å². The van der Waals surface area contributed by atoms with Crippen LogP contribution in [-0.4, -0.2) is 55.8 Å². The fourth-order valence-electron chi connectivity index (χ4n) is 2.71. The van der Waals surface area contributed by atoms with Gasteiger partial charge in [-0.1, -0.05) is 11.6 Å². The number of pyridine rings is 1. The van der Waals surface area contributed by atoms with Crippen LogP contribution < -0.4 is 15.5 Å². The Morgan fingerprint density at radius 1 is 1.57 bits per heavy atom. The molecule has 0 saturated carbocycles. The smallest absolute Gasteiger partial charge is 0.250 e. The SMILES string of the molecule is O=C(NC1CCN(c2ncccc2Cl)C1)C1CNCCO1. The number of nitrogens with zero attached hydrogens (tertiary/aromatic N) is 2. The molecule has 0 radical (unpaired) electrons. The molecule has 0 bridgehead atoms. The highest BCUT2D eigenvalue weighted by Crippen LogP contribution is 2.25. The van der Waals surface area contributed by atoms with Crippen LogP contribution in [0.5, 0.6) is 0 Å². The molecule has 7 heteroatoms. The van der Waals surface area contributed by atoms with Crippen molar-refractivity contribution in [3.05, 3.63) is 23.4 Å². The van der Waals surface area contributed by atoms with Crippen LogP contribution in [0.15, 0.2) is 18.3 Å². The first-order valence-electron chi connectivity index (χ1n) is 7.22. The molecule has 0 spiro atoms. The average molecular weight is 311 g/mol. The maximum Gasteiger partial charge on any atom is 0.250 e. The number of amides is 1. The summed E-state index contributed by atoms with van der Waals surface area (Å²) < 4.78 is 5.46. The van der Waals surface area contributed by atoms with E-state index in [-0.39, 0.29) is 18.1 Å². The van der Waals surface area contributed by atoms with E-state index in [2.05, 4.69) is 20.5 Å². The number of carbonyl (C=O) groups is 1. The minimum absolute atomic E-state index is 0.0406. The maximum atomic E-state index is 12.1. The highest BCUT2D eigenvalue weighted by atomic mass is 35.5. The molecule has 2 fully saturated rings. The summed E-state index contributed by atoms with van der Waals surface area (Å²) in [4.78, 5) is 18.5. The average Bonchev–Trinajstić information content (AvgIpc) is 2.97. The fraction of sp³-hybridized carbons (Fsp3) is 0.571. The summed E-state index contributed by atoms with van der Waals surface area (Å²) >= 11 is 6.16. The standard InChI is InChI=1S/C14H19ClN4O2/c15-11-2-1-4-17-13(11)19-6-3-10(9-19)18-14(20)12-8-16-5-7-21-12/h1-2,4,10,12,16H,3,5-9H2,(H,18,20). The molecule has 3 rings (SSSR count). The normalized spacial score (nSPS) is 25.9. The van der Waals surface area contributed by atoms with E-state index in [4.69, 9.17) is 16.3 Å². The molecule has 6 nitrogen and oxygen atoms in total. The molecule has 0 aliphatic carbocycles. The lowest BCUT2D eigenvalue weighted by molar-refractivity contribution is -0.134. The Kier molecular flexibility index (Phi) is 4.57. The van der Waals surface area contributed by atoms with Gasteiger partial charge in [-0.2, -0.15) is 0 Å². The van der Waals surface area contributed by atoms with Crippen molar-refractivity contribution in [2.45, 2.75) is 18.6 Å². The highest BCUT2D eigenvalue weighted by Gasteiger charge is 2.29. The number of carbonyl (C=O) groups excluding carboxylic acids is 1. The van der Waals surface area contributed by atoms with Crippen LogP contribution >= 0.6 is 11.6 Å². The van der Waals surface area contributed by atoms with Crippen molar-refractivity contribution in [1.82, 2.24) is 15.6 Å². The molecular weight excluding hydrogens is 292 g/mol. The third-order valence-corrected chi connectivity index (χ3v) is 4.09. The minimum atomic E-state index is -0.383. The lowest BCUT2D eigenvalue weighted by Crippen LogP contribution is -2.50. The molecule has 2 saturated heterocycles. The second kappa shape index (κ2) is 6.60. The lowest BCUT2D eigenvalue weighted by Gasteiger charge is -2.24. The Bertz CT molecular complexity index is 508. The van der Waals surface area contributed by atoms with E-state index in [1.165, 1.54) is 0 Å². The van der Waals surface area contributed by atoms with Gasteiger partial charge in [0.05, 0.1) is 11.6 Å². The van der Waals surface area contributed by atoms with Crippen molar-refractivity contribution in [2.24, 2.45) is 0 Å². The van der Waals surface area contributed by atoms with Crippen molar-refractivity contribution >= 4 is 23.3 Å². The van der Waals surface area contributed by atoms with Crippen LogP contribution in [0.3, 0.4) is 0 Å². The molecule has 21 heavy (non-hydrogen) atoms. The van der Waals surface area contributed by atoms with Crippen molar-refractivity contribution in [1.29, 1.82) is 0 Å². The minimum Gasteiger partial charge on any atom is -0.366 e. The number of morpholine rings is 1. The first-order chi connectivity index (χ1) is 10.2. The predicted octanol–water partition coefficient (Wildman–Crippen LogP) is 0.418. The highest BCUT2D eigenvalue weighted by molar-refractivity contribution is 6.32. The van der Waals surface area contributed by atoms with E-state index in [0.29, 0.717) is 18.2 Å². The van der Waals surface area contributed by atoms with Crippen LogP contribution in [0.1, 0.15) is 6.42 Å². The molecule has 2 atom stereocenters. The summed E-state index contributed by atoms with van der Waals surface area (Å²) in [6, 6.07) is 3.76. The number of hydrogen-bond donors (Lipinski definition) is 2. The van der Waals surface area contributed by atoms with Gasteiger partial charge in [0.1, 0.15) is 11.9 Å². The van der Waals surface area contributed by atoms with Gasteiger partial charge in [-0.3, -0.25) is 4.79 Å². The van der Waals surface area contributed by atoms with Crippen LogP contribution in [0.2, 0.25) is 5.02 Å². The first-order valence-corrected chi connectivity index (χ1v) is 7.60. The Morgan fingerprint density at radius 2 is 2.48 bits per heavy atom. The van der Waals surface area contributed by atoms with Gasteiger partial charge in [0, 0.05) is 38.4 Å². The summed E-state index contributed by atoms with van der Waals surface area (Å²) in [5.74, 6) is 0.743. The Labute approximate surface area is 128 Å². The molecular formula is C14H19ClN4O2. The van der Waals surface area contributed by atoms with Gasteiger partial charge < -0.3 is 20.3 Å². The fourth-order valence-corrected chi connectivity index (χ4v) is 2.95. The van der Waals surface area contributed by atoms with Gasteiger partial charge in [0.2, 0.25) is 0 Å². The number of anilines is 1. The summed E-state index contributed by atoms with van der Waals surface area (Å²) in [6.45, 7) is 3.53. The van der Waals surface area contributed by atoms with Gasteiger partial charge in [-0.15, -0.1) is 0 Å². The maximum absolute atomic E-state index is 12.1. The quantitative estimate of drug-likeness (QED) is 0.847. The second-order valence-electron chi connectivity index (χ2n) is 5.31. The van der Waals surface area contributed by atoms with Crippen molar-refractivity contribution < 1.29 is 9.53 Å². The lowest BCUT2D eigenvalue weighted by atomic mass is 10.2. The summed E-state index contributed by atoms with van der Waals surface area (Å²) in [5.41, 5.74) is 0. The molecule has 1 amide bonds. The molecule has 114 valence electrons. The van der Waals surface area contributed by atoms with E-state index in [1.54, 1.807) is 6.20 Å². The number of rotatable bonds is 3. The zero-order chi connectivity index (χ0) is 14.7. The zero-order valence-corrected chi connectivity index (χ0v) is 12.5. The molecule has 2 aliphatic rings. The van der Waals surface area contributed by atoms with Crippen LogP contribution in [0, 0.1) is 0 Å². The number of halogens is 1. The predicted molar refractivity (Wildman–Crippen MR) is 80.6 cm³/mol. The topological polar surface area (TPSA) is 66.5 Å². The molecule has 0 aromatic carbocycles. The van der Waals surface area contributed by atoms with E-state index < -0.39 is 0 Å². The molecule has 2 aliphatic heterocycles. The monoisotopic (exact) mass is 310 g/mol. The van der Waals surface area contributed by atoms with Crippen LogP contribution in [-0.2, 0) is 9.53 Å². The van der Waals surface area contributed by atoms with E-state index in [9.17, 15) is 4.79 Å². The molecule has 2 unspecified atom stereocenters. The van der Waals surface area contributed by atoms with Crippen molar-refractivity contribution in [3.63, 3.8) is 0 Å². The zero-order valence-electron chi connectivity index (χ0n) is 11.7. The molecule has 1 aromatic rings. The van der Waals surface area contributed by atoms with E-state index >= 15 is 0 Å². The van der Waals surface area contributed by atoms with E-state index in [0.717, 1.165) is 31.9 Å². The Hall–Kier alpha value is -1.37. The van der Waals surface area contributed by atoms with Gasteiger partial charge >= 0.3 is 0 Å². The molecule has 1 aromatic heterocycles. The second-order valence-corrected chi connectivity index (χ2v) is 5.72. The van der Waals surface area contributed by atoms with Crippen molar-refractivity contribution in [3.8, 4) is 0 Å². The third kappa shape index (κ3) is 3.45. The number of nitrogens with one attached hydrogen (secondary N) is 2. The Morgan fingerprint density at radius 3 is 3.24 bits per heavy atom. The van der Waals surface area contributed by atoms with Gasteiger partial charge in [-0.05, 0) is 18.6 Å². The van der Waals surface area contributed by atoms with Crippen molar-refractivity contribution in [2.75, 3.05) is 37.7 Å². The summed E-state index contributed by atoms with van der Waals surface area (Å²) in [6.07, 6.45) is 2.24. The summed E-state index contributed by atoms with van der Waals surface area (Å²) in [5, 5.41) is 6.85. The largest absolute Gasteiger partial charge is 0.366 e. The Balaban J connectivity index is 1.55. The number of hydrogen-bond acceptors (Lipinski definition) is 5. The third-order valence-electron chi connectivity index (χ3n) is 3.79. The first kappa shape index (κ1) is 14.6. The van der Waals surface area contributed by atoms with E-state index in [1.807, 2.05) is 12.1 Å². The van der Waals surface area contributed by atoms with Gasteiger partial charge in [-0.25, -0.2) is 4.98 Å². The summed E-state index contributed by atoms with van der Waals surface area (Å²) in [7, 11) is 0. The van der Waals surface area contributed by atoms with Crippen LogP contribution in [0.25, 0.3) is 0 Å².